The molecule has 0 aliphatic heterocycles. The van der Waals surface area contributed by atoms with E-state index in [1.165, 1.54) is 44.1 Å². The van der Waals surface area contributed by atoms with Crippen molar-refractivity contribution >= 4 is 27.5 Å². The molecule has 6 rings (SSSR count). The van der Waals surface area contributed by atoms with Crippen molar-refractivity contribution < 1.29 is 14.3 Å². The van der Waals surface area contributed by atoms with Gasteiger partial charge in [0, 0.05) is 21.6 Å². The fourth-order valence-electron chi connectivity index (χ4n) is 6.71. The maximum absolute atomic E-state index is 13.1. The third-order valence-corrected chi connectivity index (χ3v) is 8.63. The lowest BCUT2D eigenvalue weighted by atomic mass is 9.48. The first-order valence-corrected chi connectivity index (χ1v) is 12.0. The van der Waals surface area contributed by atoms with Crippen LogP contribution in [0.3, 0.4) is 0 Å². The molecule has 0 saturated heterocycles. The Labute approximate surface area is 192 Å². The number of alkyl halides is 1. The van der Waals surface area contributed by atoms with Crippen molar-refractivity contribution in [1.82, 2.24) is 0 Å². The van der Waals surface area contributed by atoms with E-state index in [2.05, 4.69) is 46.4 Å². The van der Waals surface area contributed by atoms with Gasteiger partial charge in [0.2, 0.25) is 0 Å². The summed E-state index contributed by atoms with van der Waals surface area (Å²) in [6.07, 6.45) is 7.79. The Morgan fingerprint density at radius 1 is 1.00 bits per heavy atom. The highest BCUT2D eigenvalue weighted by Gasteiger charge is 2.57. The third-order valence-electron chi connectivity index (χ3n) is 7.70. The second-order valence-electron chi connectivity index (χ2n) is 9.98. The van der Waals surface area contributed by atoms with Crippen molar-refractivity contribution in [3.63, 3.8) is 0 Å². The maximum Gasteiger partial charge on any atom is 0.255 e. The Morgan fingerprint density at radius 2 is 1.65 bits per heavy atom. The molecule has 4 saturated carbocycles. The third kappa shape index (κ3) is 3.75. The van der Waals surface area contributed by atoms with Gasteiger partial charge >= 0.3 is 0 Å². The molecular weight excluding hydrogens is 454 g/mol. The SMILES string of the molecule is COc1cc(OC)cc(C(=O)Nc2cc(C34CC5CC(CC(Br)(C5)C3)C4)ccc2C)c1. The van der Waals surface area contributed by atoms with Crippen LogP contribution in [0.4, 0.5) is 5.69 Å². The zero-order valence-electron chi connectivity index (χ0n) is 18.5. The van der Waals surface area contributed by atoms with Crippen LogP contribution in [0.1, 0.15) is 60.0 Å². The summed E-state index contributed by atoms with van der Waals surface area (Å²) in [6.45, 7) is 2.05. The second-order valence-corrected chi connectivity index (χ2v) is 11.7. The number of nitrogens with one attached hydrogen (secondary N) is 1. The lowest BCUT2D eigenvalue weighted by Gasteiger charge is -2.60. The molecule has 31 heavy (non-hydrogen) atoms. The van der Waals surface area contributed by atoms with Crippen molar-refractivity contribution in [3.05, 3.63) is 53.1 Å². The summed E-state index contributed by atoms with van der Waals surface area (Å²) in [5.41, 5.74) is 4.11. The summed E-state index contributed by atoms with van der Waals surface area (Å²) in [4.78, 5) is 13.1. The van der Waals surface area contributed by atoms with Crippen LogP contribution >= 0.6 is 15.9 Å². The molecule has 4 aliphatic carbocycles. The van der Waals surface area contributed by atoms with E-state index < -0.39 is 0 Å². The van der Waals surface area contributed by atoms with Gasteiger partial charge in [-0.3, -0.25) is 4.79 Å². The number of halogens is 1. The zero-order valence-corrected chi connectivity index (χ0v) is 20.1. The number of benzene rings is 2. The minimum absolute atomic E-state index is 0.153. The topological polar surface area (TPSA) is 47.6 Å². The fraction of sp³-hybridized carbons (Fsp3) is 0.500. The molecule has 2 atom stereocenters. The molecule has 4 aliphatic rings. The quantitative estimate of drug-likeness (QED) is 0.511. The highest BCUT2D eigenvalue weighted by molar-refractivity contribution is 9.10. The Hall–Kier alpha value is -2.01. The van der Waals surface area contributed by atoms with Gasteiger partial charge in [0.15, 0.2) is 0 Å². The largest absolute Gasteiger partial charge is 0.497 e. The molecule has 164 valence electrons. The van der Waals surface area contributed by atoms with Crippen molar-refractivity contribution in [2.75, 3.05) is 19.5 Å². The molecular formula is C26H30BrNO3. The number of ether oxygens (including phenoxy) is 2. The highest BCUT2D eigenvalue weighted by Crippen LogP contribution is 2.65. The molecule has 1 amide bonds. The van der Waals surface area contributed by atoms with Gasteiger partial charge in [-0.25, -0.2) is 0 Å². The van der Waals surface area contributed by atoms with Crippen LogP contribution in [-0.2, 0) is 5.41 Å². The predicted octanol–water partition coefficient (Wildman–Crippen LogP) is 6.25. The van der Waals surface area contributed by atoms with Crippen molar-refractivity contribution in [2.24, 2.45) is 11.8 Å². The molecule has 4 fully saturated rings. The molecule has 0 radical (unpaired) electrons. The van der Waals surface area contributed by atoms with E-state index >= 15 is 0 Å². The van der Waals surface area contributed by atoms with Gasteiger partial charge in [0.1, 0.15) is 11.5 Å². The lowest BCUT2D eigenvalue weighted by Crippen LogP contribution is -2.54. The average molecular weight is 484 g/mol. The number of carbonyl (C=O) groups excluding carboxylic acids is 1. The van der Waals surface area contributed by atoms with Crippen LogP contribution in [0, 0.1) is 18.8 Å². The monoisotopic (exact) mass is 483 g/mol. The molecule has 4 bridgehead atoms. The van der Waals surface area contributed by atoms with E-state index in [4.69, 9.17) is 9.47 Å². The van der Waals surface area contributed by atoms with Gasteiger partial charge in [-0.15, -0.1) is 0 Å². The molecule has 2 unspecified atom stereocenters. The number of hydrogen-bond acceptors (Lipinski definition) is 3. The minimum atomic E-state index is -0.153. The van der Waals surface area contributed by atoms with E-state index in [0.29, 0.717) is 21.4 Å². The summed E-state index contributed by atoms with van der Waals surface area (Å²) in [6, 6.07) is 11.9. The Kier molecular flexibility index (Phi) is 5.08. The standard InChI is InChI=1S/C26H30BrNO3/c1-16-4-5-20(25-11-17-6-18(12-25)14-26(27,13-17)15-25)9-23(16)28-24(29)19-7-21(30-2)10-22(8-19)31-3/h4-5,7-10,17-18H,6,11-15H2,1-3H3,(H,28,29). The fourth-order valence-corrected chi connectivity index (χ4v) is 8.16. The second kappa shape index (κ2) is 7.54. The van der Waals surface area contributed by atoms with Crippen molar-refractivity contribution in [3.8, 4) is 11.5 Å². The number of anilines is 1. The molecule has 0 aromatic heterocycles. The first-order chi connectivity index (χ1) is 14.8. The number of aryl methyl sites for hydroxylation is 1. The number of amides is 1. The minimum Gasteiger partial charge on any atom is -0.497 e. The summed E-state index contributed by atoms with van der Waals surface area (Å²) in [5, 5.41) is 3.15. The van der Waals surface area contributed by atoms with Crippen molar-refractivity contribution in [1.29, 1.82) is 0 Å². The number of carbonyl (C=O) groups is 1. The van der Waals surface area contributed by atoms with Crippen LogP contribution in [0.5, 0.6) is 11.5 Å². The molecule has 0 spiro atoms. The summed E-state index contributed by atoms with van der Waals surface area (Å²) in [7, 11) is 3.18. The molecule has 4 nitrogen and oxygen atoms in total. The van der Waals surface area contributed by atoms with E-state index in [0.717, 1.165) is 23.1 Å². The molecule has 2 aromatic rings. The Balaban J connectivity index is 1.44. The van der Waals surface area contributed by atoms with Gasteiger partial charge in [0.05, 0.1) is 14.2 Å². The molecule has 0 heterocycles. The van der Waals surface area contributed by atoms with E-state index in [9.17, 15) is 4.79 Å². The van der Waals surface area contributed by atoms with Gasteiger partial charge in [-0.2, -0.15) is 0 Å². The van der Waals surface area contributed by atoms with Crippen molar-refractivity contribution in [2.45, 2.75) is 55.2 Å². The van der Waals surface area contributed by atoms with Crippen LogP contribution in [0.15, 0.2) is 36.4 Å². The first-order valence-electron chi connectivity index (χ1n) is 11.2. The maximum atomic E-state index is 13.1. The van der Waals surface area contributed by atoms with Gasteiger partial charge in [-0.1, -0.05) is 28.1 Å². The molecule has 5 heteroatoms. The van der Waals surface area contributed by atoms with E-state index in [-0.39, 0.29) is 11.3 Å². The van der Waals surface area contributed by atoms with Gasteiger partial charge in [-0.05, 0) is 92.0 Å². The Morgan fingerprint density at radius 3 is 2.23 bits per heavy atom. The summed E-state index contributed by atoms with van der Waals surface area (Å²) in [5.74, 6) is 2.70. The number of methoxy groups -OCH3 is 2. The molecule has 2 aromatic carbocycles. The lowest BCUT2D eigenvalue weighted by molar-refractivity contribution is 0.0150. The number of hydrogen-bond donors (Lipinski definition) is 1. The molecule has 1 N–H and O–H groups in total. The van der Waals surface area contributed by atoms with E-state index in [1.54, 1.807) is 32.4 Å². The van der Waals surface area contributed by atoms with Gasteiger partial charge in [0.25, 0.3) is 5.91 Å². The Bertz CT molecular complexity index is 997. The van der Waals surface area contributed by atoms with Crippen LogP contribution in [0.25, 0.3) is 0 Å². The number of rotatable bonds is 5. The van der Waals surface area contributed by atoms with Crippen LogP contribution < -0.4 is 14.8 Å². The van der Waals surface area contributed by atoms with Gasteiger partial charge < -0.3 is 14.8 Å². The average Bonchev–Trinajstić information content (AvgIpc) is 2.73. The summed E-state index contributed by atoms with van der Waals surface area (Å²) >= 11 is 4.13. The van der Waals surface area contributed by atoms with Crippen LogP contribution in [-0.4, -0.2) is 24.5 Å². The first kappa shape index (κ1) is 20.9. The highest BCUT2D eigenvalue weighted by atomic mass is 79.9. The van der Waals surface area contributed by atoms with E-state index in [1.807, 2.05) is 0 Å². The normalized spacial score (nSPS) is 30.8. The summed E-state index contributed by atoms with van der Waals surface area (Å²) < 4.78 is 11.0. The zero-order chi connectivity index (χ0) is 21.8. The van der Waals surface area contributed by atoms with Crippen LogP contribution in [0.2, 0.25) is 0 Å². The smallest absolute Gasteiger partial charge is 0.255 e. The predicted molar refractivity (Wildman–Crippen MR) is 127 cm³/mol.